The van der Waals surface area contributed by atoms with E-state index in [4.69, 9.17) is 22.1 Å². The normalized spacial score (nSPS) is 24.9. The summed E-state index contributed by atoms with van der Waals surface area (Å²) in [7, 11) is 0. The van der Waals surface area contributed by atoms with Crippen LogP contribution in [0.5, 0.6) is 0 Å². The summed E-state index contributed by atoms with van der Waals surface area (Å²) in [5, 5.41) is 0.472. The van der Waals surface area contributed by atoms with Crippen molar-refractivity contribution in [3.05, 3.63) is 34.6 Å². The Morgan fingerprint density at radius 2 is 2.31 bits per heavy atom. The van der Waals surface area contributed by atoms with Crippen LogP contribution in [0.25, 0.3) is 0 Å². The molecule has 0 bridgehead atoms. The molecule has 1 aliphatic heterocycles. The molecule has 1 aromatic carbocycles. The summed E-state index contributed by atoms with van der Waals surface area (Å²) in [6, 6.07) is 4.51. The van der Waals surface area contributed by atoms with Gasteiger partial charge in [0.25, 0.3) is 0 Å². The van der Waals surface area contributed by atoms with Crippen LogP contribution in [0.1, 0.15) is 12.0 Å². The van der Waals surface area contributed by atoms with Gasteiger partial charge in [-0.15, -0.1) is 0 Å². The molecule has 1 heterocycles. The molecule has 16 heavy (non-hydrogen) atoms. The minimum absolute atomic E-state index is 0.0263. The zero-order valence-electron chi connectivity index (χ0n) is 9.01. The van der Waals surface area contributed by atoms with Crippen LogP contribution in [-0.2, 0) is 11.2 Å². The molecule has 2 rings (SSSR count). The SMILES string of the molecule is NCC1(Cc2ccc(F)cc2Cl)CCOC1. The summed E-state index contributed by atoms with van der Waals surface area (Å²) >= 11 is 6.01. The first-order valence-electron chi connectivity index (χ1n) is 5.37. The van der Waals surface area contributed by atoms with E-state index in [9.17, 15) is 4.39 Å². The summed E-state index contributed by atoms with van der Waals surface area (Å²) in [6.45, 7) is 1.98. The van der Waals surface area contributed by atoms with E-state index < -0.39 is 0 Å². The van der Waals surface area contributed by atoms with Gasteiger partial charge in [0.2, 0.25) is 0 Å². The van der Waals surface area contributed by atoms with Crippen LogP contribution in [0.3, 0.4) is 0 Å². The number of ether oxygens (including phenoxy) is 1. The molecule has 0 saturated carbocycles. The molecule has 1 unspecified atom stereocenters. The smallest absolute Gasteiger partial charge is 0.124 e. The second-order valence-corrected chi connectivity index (χ2v) is 4.83. The maximum Gasteiger partial charge on any atom is 0.124 e. The fourth-order valence-corrected chi connectivity index (χ4v) is 2.33. The highest BCUT2D eigenvalue weighted by molar-refractivity contribution is 6.31. The van der Waals surface area contributed by atoms with Crippen molar-refractivity contribution in [2.45, 2.75) is 12.8 Å². The number of halogens is 2. The molecule has 0 aliphatic carbocycles. The summed E-state index contributed by atoms with van der Waals surface area (Å²) in [4.78, 5) is 0. The topological polar surface area (TPSA) is 35.2 Å². The lowest BCUT2D eigenvalue weighted by Crippen LogP contribution is -2.33. The number of nitrogens with two attached hydrogens (primary N) is 1. The van der Waals surface area contributed by atoms with Crippen LogP contribution >= 0.6 is 11.6 Å². The standard InChI is InChI=1S/C12H15ClFNO/c13-11-5-10(14)2-1-9(11)6-12(7-15)3-4-16-8-12/h1-2,5H,3-4,6-8,15H2. The number of rotatable bonds is 3. The molecule has 1 atom stereocenters. The third-order valence-electron chi connectivity index (χ3n) is 3.20. The highest BCUT2D eigenvalue weighted by Crippen LogP contribution is 2.33. The molecule has 1 saturated heterocycles. The molecule has 2 nitrogen and oxygen atoms in total. The summed E-state index contributed by atoms with van der Waals surface area (Å²) in [5.41, 5.74) is 6.72. The second kappa shape index (κ2) is 4.70. The maximum absolute atomic E-state index is 12.9. The van der Waals surface area contributed by atoms with Gasteiger partial charge in [-0.25, -0.2) is 4.39 Å². The molecular formula is C12H15ClFNO. The van der Waals surface area contributed by atoms with Gasteiger partial charge in [0.05, 0.1) is 6.61 Å². The summed E-state index contributed by atoms with van der Waals surface area (Å²) in [5.74, 6) is -0.307. The van der Waals surface area contributed by atoms with E-state index in [1.54, 1.807) is 6.07 Å². The predicted molar refractivity (Wildman–Crippen MR) is 62.0 cm³/mol. The highest BCUT2D eigenvalue weighted by Gasteiger charge is 2.34. The van der Waals surface area contributed by atoms with Crippen LogP contribution in [0.4, 0.5) is 4.39 Å². The van der Waals surface area contributed by atoms with Gasteiger partial charge in [-0.05, 0) is 30.5 Å². The Morgan fingerprint density at radius 1 is 1.50 bits per heavy atom. The van der Waals surface area contributed by atoms with Gasteiger partial charge < -0.3 is 10.5 Å². The van der Waals surface area contributed by atoms with Crippen molar-refractivity contribution in [3.8, 4) is 0 Å². The van der Waals surface area contributed by atoms with Gasteiger partial charge in [0.1, 0.15) is 5.82 Å². The van der Waals surface area contributed by atoms with Crippen molar-refractivity contribution >= 4 is 11.6 Å². The van der Waals surface area contributed by atoms with Crippen molar-refractivity contribution in [1.82, 2.24) is 0 Å². The Bertz CT molecular complexity index is 377. The first kappa shape index (κ1) is 11.8. The predicted octanol–water partition coefficient (Wildman–Crippen LogP) is 2.39. The Hall–Kier alpha value is -0.640. The van der Waals surface area contributed by atoms with Crippen molar-refractivity contribution in [3.63, 3.8) is 0 Å². The fourth-order valence-electron chi connectivity index (χ4n) is 2.09. The first-order valence-corrected chi connectivity index (χ1v) is 5.75. The zero-order chi connectivity index (χ0) is 11.6. The van der Waals surface area contributed by atoms with Crippen molar-refractivity contribution in [2.75, 3.05) is 19.8 Å². The van der Waals surface area contributed by atoms with E-state index in [1.165, 1.54) is 12.1 Å². The van der Waals surface area contributed by atoms with Crippen LogP contribution in [-0.4, -0.2) is 19.8 Å². The van der Waals surface area contributed by atoms with E-state index >= 15 is 0 Å². The molecule has 88 valence electrons. The Labute approximate surface area is 99.5 Å². The van der Waals surface area contributed by atoms with Gasteiger partial charge in [0, 0.05) is 23.6 Å². The van der Waals surface area contributed by atoms with E-state index in [-0.39, 0.29) is 11.2 Å². The van der Waals surface area contributed by atoms with Gasteiger partial charge in [-0.3, -0.25) is 0 Å². The average Bonchev–Trinajstić information content (AvgIpc) is 2.72. The van der Waals surface area contributed by atoms with Crippen LogP contribution in [0, 0.1) is 11.2 Å². The molecule has 0 amide bonds. The molecule has 1 aromatic rings. The molecular weight excluding hydrogens is 229 g/mol. The van der Waals surface area contributed by atoms with E-state index in [2.05, 4.69) is 0 Å². The Balaban J connectivity index is 2.19. The van der Waals surface area contributed by atoms with Crippen molar-refractivity contribution in [2.24, 2.45) is 11.1 Å². The average molecular weight is 244 g/mol. The molecule has 0 radical (unpaired) electrons. The molecule has 4 heteroatoms. The van der Waals surface area contributed by atoms with Gasteiger partial charge >= 0.3 is 0 Å². The first-order chi connectivity index (χ1) is 7.65. The minimum Gasteiger partial charge on any atom is -0.381 e. The van der Waals surface area contributed by atoms with Gasteiger partial charge in [-0.2, -0.15) is 0 Å². The molecule has 2 N–H and O–H groups in total. The quantitative estimate of drug-likeness (QED) is 0.885. The summed E-state index contributed by atoms with van der Waals surface area (Å²) in [6.07, 6.45) is 1.69. The van der Waals surface area contributed by atoms with E-state index in [0.717, 1.165) is 25.0 Å². The number of hydrogen-bond donors (Lipinski definition) is 1. The lowest BCUT2D eigenvalue weighted by atomic mass is 9.81. The zero-order valence-corrected chi connectivity index (χ0v) is 9.77. The summed E-state index contributed by atoms with van der Waals surface area (Å²) < 4.78 is 18.3. The highest BCUT2D eigenvalue weighted by atomic mass is 35.5. The lowest BCUT2D eigenvalue weighted by Gasteiger charge is -2.25. The van der Waals surface area contributed by atoms with E-state index in [0.29, 0.717) is 18.2 Å². The van der Waals surface area contributed by atoms with Crippen molar-refractivity contribution in [1.29, 1.82) is 0 Å². The second-order valence-electron chi connectivity index (χ2n) is 4.42. The lowest BCUT2D eigenvalue weighted by molar-refractivity contribution is 0.154. The maximum atomic E-state index is 12.9. The molecule has 1 aliphatic rings. The fraction of sp³-hybridized carbons (Fsp3) is 0.500. The molecule has 0 aromatic heterocycles. The van der Waals surface area contributed by atoms with Gasteiger partial charge in [-0.1, -0.05) is 17.7 Å². The van der Waals surface area contributed by atoms with Crippen LogP contribution < -0.4 is 5.73 Å². The third-order valence-corrected chi connectivity index (χ3v) is 3.55. The minimum atomic E-state index is -0.307. The molecule has 0 spiro atoms. The number of hydrogen-bond acceptors (Lipinski definition) is 2. The Morgan fingerprint density at radius 3 is 2.88 bits per heavy atom. The molecule has 1 fully saturated rings. The number of benzene rings is 1. The van der Waals surface area contributed by atoms with Gasteiger partial charge in [0.15, 0.2) is 0 Å². The third kappa shape index (κ3) is 2.37. The van der Waals surface area contributed by atoms with E-state index in [1.807, 2.05) is 0 Å². The monoisotopic (exact) mass is 243 g/mol. The van der Waals surface area contributed by atoms with Crippen LogP contribution in [0.2, 0.25) is 5.02 Å². The Kier molecular flexibility index (Phi) is 3.47. The largest absolute Gasteiger partial charge is 0.381 e. The van der Waals surface area contributed by atoms with Crippen LogP contribution in [0.15, 0.2) is 18.2 Å². The van der Waals surface area contributed by atoms with Crippen molar-refractivity contribution < 1.29 is 9.13 Å².